The van der Waals surface area contributed by atoms with Gasteiger partial charge in [-0.25, -0.2) is 4.39 Å². The van der Waals surface area contributed by atoms with Crippen LogP contribution in [0, 0.1) is 58.7 Å². The van der Waals surface area contributed by atoms with Crippen molar-refractivity contribution in [3.05, 3.63) is 207 Å². The molecule has 6 rings (SSSR count). The van der Waals surface area contributed by atoms with Gasteiger partial charge in [0, 0.05) is 5.02 Å². The minimum Gasteiger partial charge on any atom is -0.205 e. The number of nitriles is 1. The molecule has 6 aromatic rings. The lowest BCUT2D eigenvalue weighted by Crippen LogP contribution is -2.06. The highest BCUT2D eigenvalue weighted by Gasteiger charge is 2.33. The highest BCUT2D eigenvalue weighted by atomic mass is 35.5. The van der Waals surface area contributed by atoms with Crippen molar-refractivity contribution in [1.29, 1.82) is 5.26 Å². The number of hydrogen-bond donors (Lipinski definition) is 0. The monoisotopic (exact) mass is 895 g/mol. The second-order valence-corrected chi connectivity index (χ2v) is 14.9. The van der Waals surface area contributed by atoms with Crippen LogP contribution in [-0.4, -0.2) is 0 Å². The van der Waals surface area contributed by atoms with Crippen molar-refractivity contribution in [3.63, 3.8) is 0 Å². The molecule has 0 aromatic heterocycles. The topological polar surface area (TPSA) is 23.8 Å². The molecule has 0 atom stereocenters. The molecule has 0 aliphatic heterocycles. The fraction of sp³-hybridized carbons (Fsp3) is 0.196. The number of aryl methyl sites for hydroxylation is 7. The van der Waals surface area contributed by atoms with Crippen LogP contribution < -0.4 is 0 Å². The summed E-state index contributed by atoms with van der Waals surface area (Å²) < 4.78 is 48.8. The summed E-state index contributed by atoms with van der Waals surface area (Å²) in [4.78, 5) is 0. The van der Waals surface area contributed by atoms with Gasteiger partial charge in [-0.2, -0.15) is 18.4 Å². The predicted octanol–water partition coefficient (Wildman–Crippen LogP) is 17.5. The van der Waals surface area contributed by atoms with Crippen LogP contribution in [0.25, 0.3) is 0 Å². The number of nitrogens with zero attached hydrogens (tertiary/aromatic N) is 1. The van der Waals surface area contributed by atoms with E-state index in [1.165, 1.54) is 41.8 Å². The van der Waals surface area contributed by atoms with Gasteiger partial charge in [0.05, 0.1) is 36.2 Å². The van der Waals surface area contributed by atoms with E-state index < -0.39 is 11.7 Å². The molecule has 0 N–H and O–H groups in total. The third kappa shape index (κ3) is 20.5. The lowest BCUT2D eigenvalue weighted by Gasteiger charge is -2.09. The van der Waals surface area contributed by atoms with Gasteiger partial charge in [0.2, 0.25) is 0 Å². The number of hydrogen-bond acceptors (Lipinski definition) is 1. The Labute approximate surface area is 364 Å². The van der Waals surface area contributed by atoms with Crippen LogP contribution in [-0.2, 0) is 12.6 Å². The van der Waals surface area contributed by atoms with Crippen LogP contribution in [0.4, 0.5) is 17.6 Å². The molecule has 1 nitrogen and oxygen atoms in total. The molecule has 11 heteroatoms. The van der Waals surface area contributed by atoms with Gasteiger partial charge in [-0.05, 0) is 142 Å². The van der Waals surface area contributed by atoms with Crippen LogP contribution in [0.15, 0.2) is 121 Å². The highest BCUT2D eigenvalue weighted by Crippen LogP contribution is 2.35. The molecule has 0 bridgehead atoms. The number of rotatable bonds is 1. The molecule has 0 amide bonds. The van der Waals surface area contributed by atoms with E-state index in [-0.39, 0.29) is 15.9 Å². The summed E-state index contributed by atoms with van der Waals surface area (Å²) in [5.74, 6) is -0.359. The Morgan fingerprint density at radius 1 is 0.526 bits per heavy atom. The largest absolute Gasteiger partial charge is 0.417 e. The lowest BCUT2D eigenvalue weighted by molar-refractivity contribution is -0.137. The zero-order chi connectivity index (χ0) is 43.3. The predicted molar refractivity (Wildman–Crippen MR) is 236 cm³/mol. The molecular formula is C46H43Cl6F4N. The van der Waals surface area contributed by atoms with Gasteiger partial charge in [0.1, 0.15) is 11.9 Å². The molecular weight excluding hydrogens is 855 g/mol. The molecule has 57 heavy (non-hydrogen) atoms. The first-order chi connectivity index (χ1) is 26.7. The standard InChI is InChI=1S/C9H12.C8H6ClF3.C8H6ClN.C7H6Cl2.C7H6ClF.C7H7Cl/c1-3-9-7-5-4-6-8(9)2;1-5-3-2-4-6(7(5)9)8(10,11)12;1-6-2-3-7(5-10)8(9)4-6;1-5-2-3-6(8)7(9)4-5;1-5-2-3-7(9)6(8)4-5;1-6-3-2-4-7(8)5-6/h4-7H,3H2,1-2H3;2-4H,1H3;2-4H,1H3;2*2-4H,1H3;2-5H,1H3. The molecule has 0 saturated carbocycles. The SMILES string of the molecule is CCc1ccccc1C.Cc1ccc(C#N)c(Cl)c1.Cc1ccc(Cl)c(Cl)c1.Cc1ccc(F)c(Cl)c1.Cc1cccc(C(F)(F)F)c1Cl.Cc1cccc(Cl)c1. The third-order valence-corrected chi connectivity index (χ3v) is 9.59. The van der Waals surface area contributed by atoms with Gasteiger partial charge < -0.3 is 0 Å². The van der Waals surface area contributed by atoms with E-state index in [0.29, 0.717) is 26.2 Å². The minimum absolute atomic E-state index is 0.190. The van der Waals surface area contributed by atoms with Gasteiger partial charge in [-0.15, -0.1) is 0 Å². The smallest absolute Gasteiger partial charge is 0.205 e. The molecule has 0 radical (unpaired) electrons. The summed E-state index contributed by atoms with van der Waals surface area (Å²) in [6.45, 7) is 13.7. The molecule has 0 saturated heterocycles. The Bertz CT molecular complexity index is 2130. The van der Waals surface area contributed by atoms with Crippen molar-refractivity contribution in [1.82, 2.24) is 0 Å². The van der Waals surface area contributed by atoms with Crippen LogP contribution in [0.5, 0.6) is 0 Å². The molecule has 0 unspecified atom stereocenters. The van der Waals surface area contributed by atoms with Crippen molar-refractivity contribution in [2.75, 3.05) is 0 Å². The van der Waals surface area contributed by atoms with E-state index in [1.807, 2.05) is 76.2 Å². The van der Waals surface area contributed by atoms with E-state index >= 15 is 0 Å². The van der Waals surface area contributed by atoms with Crippen LogP contribution in [0.1, 0.15) is 57.0 Å². The Kier molecular flexibility index (Phi) is 23.7. The second kappa shape index (κ2) is 26.3. The van der Waals surface area contributed by atoms with Crippen molar-refractivity contribution in [3.8, 4) is 6.07 Å². The normalized spacial score (nSPS) is 9.89. The van der Waals surface area contributed by atoms with Gasteiger partial charge in [0.25, 0.3) is 0 Å². The van der Waals surface area contributed by atoms with Crippen LogP contribution in [0.3, 0.4) is 0 Å². The Morgan fingerprint density at radius 3 is 1.44 bits per heavy atom. The first-order valence-electron chi connectivity index (χ1n) is 17.3. The zero-order valence-electron chi connectivity index (χ0n) is 32.5. The van der Waals surface area contributed by atoms with Gasteiger partial charge in [0.15, 0.2) is 0 Å². The Hall–Kier alpha value is -3.73. The van der Waals surface area contributed by atoms with E-state index in [2.05, 4.69) is 38.1 Å². The van der Waals surface area contributed by atoms with Crippen molar-refractivity contribution >= 4 is 69.6 Å². The van der Waals surface area contributed by atoms with Crippen molar-refractivity contribution in [2.45, 2.75) is 61.1 Å². The summed E-state index contributed by atoms with van der Waals surface area (Å²) in [6.07, 6.45) is -3.21. The van der Waals surface area contributed by atoms with Crippen molar-refractivity contribution < 1.29 is 17.6 Å². The molecule has 0 spiro atoms. The lowest BCUT2D eigenvalue weighted by atomic mass is 10.1. The molecule has 6 aromatic carbocycles. The first kappa shape index (κ1) is 51.3. The molecule has 302 valence electrons. The quantitative estimate of drug-likeness (QED) is 0.151. The average Bonchev–Trinajstić information content (AvgIpc) is 3.14. The second-order valence-electron chi connectivity index (χ2n) is 12.4. The summed E-state index contributed by atoms with van der Waals surface area (Å²) in [5.41, 5.74) is 7.44. The van der Waals surface area contributed by atoms with Gasteiger partial charge >= 0.3 is 6.18 Å². The number of benzene rings is 6. The minimum atomic E-state index is -4.36. The van der Waals surface area contributed by atoms with Crippen LogP contribution >= 0.6 is 69.6 Å². The van der Waals surface area contributed by atoms with Crippen molar-refractivity contribution in [2.24, 2.45) is 0 Å². The maximum absolute atomic E-state index is 12.4. The van der Waals surface area contributed by atoms with E-state index in [4.69, 9.17) is 74.9 Å². The highest BCUT2D eigenvalue weighted by molar-refractivity contribution is 6.42. The Balaban J connectivity index is 0.000000343. The Morgan fingerprint density at radius 2 is 1.04 bits per heavy atom. The first-order valence-corrected chi connectivity index (χ1v) is 19.5. The maximum atomic E-state index is 12.4. The maximum Gasteiger partial charge on any atom is 0.417 e. The summed E-state index contributed by atoms with van der Waals surface area (Å²) in [7, 11) is 0. The molecule has 0 fully saturated rings. The third-order valence-electron chi connectivity index (χ3n) is 7.51. The molecule has 0 aliphatic rings. The van der Waals surface area contributed by atoms with Gasteiger partial charge in [-0.3, -0.25) is 0 Å². The fourth-order valence-corrected chi connectivity index (χ4v) is 5.73. The molecule has 0 heterocycles. The number of halogens is 10. The number of alkyl halides is 3. The van der Waals surface area contributed by atoms with E-state index in [0.717, 1.165) is 34.2 Å². The van der Waals surface area contributed by atoms with Gasteiger partial charge in [-0.1, -0.05) is 143 Å². The zero-order valence-corrected chi connectivity index (χ0v) is 37.0. The fourth-order valence-electron chi connectivity index (χ4n) is 4.39. The van der Waals surface area contributed by atoms with E-state index in [1.54, 1.807) is 30.3 Å². The van der Waals surface area contributed by atoms with Crippen LogP contribution in [0.2, 0.25) is 30.1 Å². The van der Waals surface area contributed by atoms with E-state index in [9.17, 15) is 17.6 Å². The summed E-state index contributed by atoms with van der Waals surface area (Å²) >= 11 is 33.6. The average molecular weight is 899 g/mol. The molecule has 0 aliphatic carbocycles. The summed E-state index contributed by atoms with van der Waals surface area (Å²) in [6, 6.07) is 37.6. The summed E-state index contributed by atoms with van der Waals surface area (Å²) in [5, 5.41) is 11.0.